The highest BCUT2D eigenvalue weighted by molar-refractivity contribution is 7.89. The van der Waals surface area contributed by atoms with Gasteiger partial charge in [-0.3, -0.25) is 0 Å². The fourth-order valence-electron chi connectivity index (χ4n) is 0.792. The molecule has 0 aliphatic heterocycles. The summed E-state index contributed by atoms with van der Waals surface area (Å²) >= 11 is 5.56. The third-order valence-electron chi connectivity index (χ3n) is 1.33. The van der Waals surface area contributed by atoms with Gasteiger partial charge in [-0.1, -0.05) is 11.6 Å². The van der Waals surface area contributed by atoms with Gasteiger partial charge in [0.2, 0.25) is 10.0 Å². The molecule has 6 heteroatoms. The van der Waals surface area contributed by atoms with Crippen molar-refractivity contribution in [3.05, 3.63) is 28.8 Å². The second-order valence-electron chi connectivity index (χ2n) is 2.33. The van der Waals surface area contributed by atoms with E-state index in [-0.39, 0.29) is 15.5 Å². The van der Waals surface area contributed by atoms with E-state index >= 15 is 0 Å². The molecule has 0 unspecified atom stereocenters. The molecule has 0 saturated heterocycles. The monoisotopic (exact) mass is 216 g/mol. The topological polar surface area (TPSA) is 83.9 Å². The van der Waals surface area contributed by atoms with Gasteiger partial charge in [0.1, 0.15) is 0 Å². The SMILES string of the molecule is N#Cc1cc(Cl)cc(S(N)(=O)=O)c1. The second kappa shape index (κ2) is 3.34. The van der Waals surface area contributed by atoms with E-state index in [1.54, 1.807) is 6.07 Å². The zero-order valence-electron chi connectivity index (χ0n) is 6.36. The average Bonchev–Trinajstić information content (AvgIpc) is 2.01. The van der Waals surface area contributed by atoms with Crippen LogP contribution in [0.1, 0.15) is 5.56 Å². The normalized spacial score (nSPS) is 10.8. The quantitative estimate of drug-likeness (QED) is 0.756. The molecule has 1 aromatic carbocycles. The summed E-state index contributed by atoms with van der Waals surface area (Å²) < 4.78 is 21.7. The van der Waals surface area contributed by atoms with Crippen molar-refractivity contribution in [2.45, 2.75) is 4.90 Å². The molecular weight excluding hydrogens is 212 g/mol. The van der Waals surface area contributed by atoms with Crippen LogP contribution in [-0.2, 0) is 10.0 Å². The maximum atomic E-state index is 10.9. The number of benzene rings is 1. The lowest BCUT2D eigenvalue weighted by molar-refractivity contribution is 0.598. The summed E-state index contributed by atoms with van der Waals surface area (Å²) in [6, 6.07) is 5.49. The third-order valence-corrected chi connectivity index (χ3v) is 2.44. The molecule has 68 valence electrons. The Kier molecular flexibility index (Phi) is 2.57. The molecule has 0 aromatic heterocycles. The molecule has 2 N–H and O–H groups in total. The molecule has 0 spiro atoms. The summed E-state index contributed by atoms with van der Waals surface area (Å²) in [5.74, 6) is 0. The molecular formula is C7H5ClN2O2S. The van der Waals surface area contributed by atoms with Crippen molar-refractivity contribution in [1.29, 1.82) is 5.26 Å². The smallest absolute Gasteiger partial charge is 0.225 e. The minimum Gasteiger partial charge on any atom is -0.225 e. The van der Waals surface area contributed by atoms with Crippen LogP contribution >= 0.6 is 11.6 Å². The summed E-state index contributed by atoms with van der Waals surface area (Å²) in [6.07, 6.45) is 0. The van der Waals surface area contributed by atoms with Crippen LogP contribution in [-0.4, -0.2) is 8.42 Å². The number of hydrogen-bond acceptors (Lipinski definition) is 3. The summed E-state index contributed by atoms with van der Waals surface area (Å²) in [5, 5.41) is 13.5. The van der Waals surface area contributed by atoms with E-state index in [1.807, 2.05) is 0 Å². The lowest BCUT2D eigenvalue weighted by atomic mass is 10.2. The number of sulfonamides is 1. The van der Waals surface area contributed by atoms with Crippen LogP contribution in [0.4, 0.5) is 0 Å². The highest BCUT2D eigenvalue weighted by Gasteiger charge is 2.09. The van der Waals surface area contributed by atoms with E-state index in [0.717, 1.165) is 0 Å². The van der Waals surface area contributed by atoms with Crippen molar-refractivity contribution in [1.82, 2.24) is 0 Å². The highest BCUT2D eigenvalue weighted by Crippen LogP contribution is 2.17. The first kappa shape index (κ1) is 9.99. The van der Waals surface area contributed by atoms with Crippen LogP contribution in [0.5, 0.6) is 0 Å². The fraction of sp³-hybridized carbons (Fsp3) is 0. The van der Waals surface area contributed by atoms with Gasteiger partial charge in [-0.25, -0.2) is 13.6 Å². The Morgan fingerprint density at radius 1 is 1.38 bits per heavy atom. The largest absolute Gasteiger partial charge is 0.238 e. The van der Waals surface area contributed by atoms with Crippen molar-refractivity contribution >= 4 is 21.6 Å². The van der Waals surface area contributed by atoms with Crippen molar-refractivity contribution in [3.63, 3.8) is 0 Å². The van der Waals surface area contributed by atoms with Crippen LogP contribution in [0.25, 0.3) is 0 Å². The Morgan fingerprint density at radius 2 is 2.00 bits per heavy atom. The molecule has 0 atom stereocenters. The second-order valence-corrected chi connectivity index (χ2v) is 4.33. The number of rotatable bonds is 1. The maximum Gasteiger partial charge on any atom is 0.238 e. The van der Waals surface area contributed by atoms with Crippen molar-refractivity contribution < 1.29 is 8.42 Å². The van der Waals surface area contributed by atoms with E-state index in [0.29, 0.717) is 0 Å². The minimum absolute atomic E-state index is 0.156. The van der Waals surface area contributed by atoms with Gasteiger partial charge < -0.3 is 0 Å². The highest BCUT2D eigenvalue weighted by atomic mass is 35.5. The predicted octanol–water partition coefficient (Wildman–Crippen LogP) is 0.859. The molecule has 0 heterocycles. The van der Waals surface area contributed by atoms with Crippen molar-refractivity contribution in [2.24, 2.45) is 5.14 Å². The van der Waals surface area contributed by atoms with E-state index in [2.05, 4.69) is 0 Å². The molecule has 0 bridgehead atoms. The van der Waals surface area contributed by atoms with Gasteiger partial charge in [0.15, 0.2) is 0 Å². The van der Waals surface area contributed by atoms with E-state index < -0.39 is 10.0 Å². The van der Waals surface area contributed by atoms with Crippen LogP contribution < -0.4 is 5.14 Å². The molecule has 0 aliphatic carbocycles. The van der Waals surface area contributed by atoms with Gasteiger partial charge >= 0.3 is 0 Å². The van der Waals surface area contributed by atoms with E-state index in [9.17, 15) is 8.42 Å². The van der Waals surface area contributed by atoms with Crippen LogP contribution in [0.2, 0.25) is 5.02 Å². The Balaban J connectivity index is 3.44. The minimum atomic E-state index is -3.79. The van der Waals surface area contributed by atoms with Gasteiger partial charge in [0.25, 0.3) is 0 Å². The summed E-state index contributed by atoms with van der Waals surface area (Å²) in [5.41, 5.74) is 0.163. The summed E-state index contributed by atoms with van der Waals surface area (Å²) in [4.78, 5) is -0.156. The van der Waals surface area contributed by atoms with Gasteiger partial charge in [-0.15, -0.1) is 0 Å². The predicted molar refractivity (Wildman–Crippen MR) is 47.5 cm³/mol. The number of hydrogen-bond donors (Lipinski definition) is 1. The zero-order valence-corrected chi connectivity index (χ0v) is 7.93. The van der Waals surface area contributed by atoms with Gasteiger partial charge in [-0.05, 0) is 18.2 Å². The third kappa shape index (κ3) is 2.42. The van der Waals surface area contributed by atoms with Gasteiger partial charge in [0.05, 0.1) is 16.5 Å². The Bertz CT molecular complexity index is 476. The number of nitriles is 1. The Hall–Kier alpha value is -1.09. The van der Waals surface area contributed by atoms with Gasteiger partial charge in [-0.2, -0.15) is 5.26 Å². The molecule has 4 nitrogen and oxygen atoms in total. The first-order chi connectivity index (χ1) is 5.93. The lowest BCUT2D eigenvalue weighted by Crippen LogP contribution is -2.12. The van der Waals surface area contributed by atoms with Crippen LogP contribution in [0.15, 0.2) is 23.1 Å². The number of nitrogens with zero attached hydrogens (tertiary/aromatic N) is 1. The molecule has 0 fully saturated rings. The standard InChI is InChI=1S/C7H5ClN2O2S/c8-6-1-5(4-9)2-7(3-6)13(10,11)12/h1-3H,(H2,10,11,12). The number of halogens is 1. The van der Waals surface area contributed by atoms with Crippen LogP contribution in [0, 0.1) is 11.3 Å². The fourth-order valence-corrected chi connectivity index (χ4v) is 1.67. The van der Waals surface area contributed by atoms with Crippen molar-refractivity contribution in [2.75, 3.05) is 0 Å². The van der Waals surface area contributed by atoms with Gasteiger partial charge in [0, 0.05) is 5.02 Å². The first-order valence-electron chi connectivity index (χ1n) is 3.17. The lowest BCUT2D eigenvalue weighted by Gasteiger charge is -1.98. The molecule has 1 aromatic rings. The molecule has 1 rings (SSSR count). The molecule has 0 saturated carbocycles. The first-order valence-corrected chi connectivity index (χ1v) is 5.09. The van der Waals surface area contributed by atoms with Crippen molar-refractivity contribution in [3.8, 4) is 6.07 Å². The maximum absolute atomic E-state index is 10.9. The Labute approximate surface area is 80.6 Å². The zero-order chi connectivity index (χ0) is 10.1. The van der Waals surface area contributed by atoms with E-state index in [4.69, 9.17) is 22.0 Å². The molecule has 13 heavy (non-hydrogen) atoms. The summed E-state index contributed by atoms with van der Waals surface area (Å²) in [7, 11) is -3.79. The molecule has 0 aliphatic rings. The molecule has 0 amide bonds. The number of primary sulfonamides is 1. The Morgan fingerprint density at radius 3 is 2.46 bits per heavy atom. The van der Waals surface area contributed by atoms with E-state index in [1.165, 1.54) is 18.2 Å². The molecule has 0 radical (unpaired) electrons. The van der Waals surface area contributed by atoms with Crippen LogP contribution in [0.3, 0.4) is 0 Å². The summed E-state index contributed by atoms with van der Waals surface area (Å²) in [6.45, 7) is 0. The number of nitrogens with two attached hydrogens (primary N) is 1. The average molecular weight is 217 g/mol.